The number of benzene rings is 1. The van der Waals surface area contributed by atoms with Gasteiger partial charge in [0.2, 0.25) is 0 Å². The third-order valence-corrected chi connectivity index (χ3v) is 1.69. The average molecular weight is 132 g/mol. The molecule has 0 aliphatic heterocycles. The summed E-state index contributed by atoms with van der Waals surface area (Å²) in [7, 11) is 1.14. The van der Waals surface area contributed by atoms with E-state index >= 15 is 0 Å². The Morgan fingerprint density at radius 3 is 1.90 bits per heavy atom. The van der Waals surface area contributed by atoms with Crippen LogP contribution < -0.4 is 5.46 Å². The van der Waals surface area contributed by atoms with Gasteiger partial charge < -0.3 is 0 Å². The van der Waals surface area contributed by atoms with Crippen LogP contribution in [0.25, 0.3) is 0 Å². The van der Waals surface area contributed by atoms with Gasteiger partial charge in [-0.3, -0.25) is 0 Å². The summed E-state index contributed by atoms with van der Waals surface area (Å²) in [6.07, 6.45) is 0. The fourth-order valence-electron chi connectivity index (χ4n) is 1.27. The molecule has 0 unspecified atom stereocenters. The molecule has 0 bridgehead atoms. The van der Waals surface area contributed by atoms with Gasteiger partial charge in [0.25, 0.3) is 0 Å². The molecule has 0 spiro atoms. The van der Waals surface area contributed by atoms with Crippen LogP contribution in [0.3, 0.4) is 0 Å². The average Bonchev–Trinajstić information content (AvgIpc) is 1.85. The van der Waals surface area contributed by atoms with Crippen LogP contribution in [0.5, 0.6) is 0 Å². The van der Waals surface area contributed by atoms with E-state index in [0.717, 1.165) is 7.28 Å². The molecule has 1 rings (SSSR count). The van der Waals surface area contributed by atoms with E-state index in [1.807, 2.05) is 0 Å². The van der Waals surface area contributed by atoms with E-state index in [9.17, 15) is 0 Å². The Morgan fingerprint density at radius 1 is 1.00 bits per heavy atom. The number of rotatable bonds is 1. The van der Waals surface area contributed by atoms with Gasteiger partial charge in [0.1, 0.15) is 0 Å². The van der Waals surface area contributed by atoms with Gasteiger partial charge >= 0.3 is 0 Å². The first-order chi connectivity index (χ1) is 4.72. The predicted octanol–water partition coefficient (Wildman–Crippen LogP) is 1.41. The number of hydrogen-bond donors (Lipinski definition) is 0. The Balaban J connectivity index is 3.06. The van der Waals surface area contributed by atoms with E-state index in [-0.39, 0.29) is 0 Å². The minimum absolute atomic E-state index is 1.14. The highest BCUT2D eigenvalue weighted by Gasteiger charge is 1.92. The van der Waals surface area contributed by atoms with Gasteiger partial charge in [-0.1, -0.05) is 41.6 Å². The van der Waals surface area contributed by atoms with Crippen molar-refractivity contribution >= 4 is 12.7 Å². The molecule has 0 aliphatic carbocycles. The van der Waals surface area contributed by atoms with Crippen molar-refractivity contribution in [3.05, 3.63) is 29.3 Å². The maximum atomic E-state index is 2.24. The van der Waals surface area contributed by atoms with Crippen LogP contribution in [0, 0.1) is 13.8 Å². The molecule has 0 atom stereocenters. The Morgan fingerprint density at radius 2 is 1.50 bits per heavy atom. The summed E-state index contributed by atoms with van der Waals surface area (Å²) in [5.41, 5.74) is 4.19. The van der Waals surface area contributed by atoms with Gasteiger partial charge in [-0.25, -0.2) is 0 Å². The summed E-state index contributed by atoms with van der Waals surface area (Å²) in [5, 5.41) is 0. The van der Waals surface area contributed by atoms with Crippen molar-refractivity contribution in [3.8, 4) is 0 Å². The molecule has 0 N–H and O–H groups in total. The van der Waals surface area contributed by atoms with E-state index in [4.69, 9.17) is 0 Å². The molecule has 0 aromatic heterocycles. The third kappa shape index (κ3) is 1.63. The van der Waals surface area contributed by atoms with Crippen LogP contribution in [0.15, 0.2) is 18.2 Å². The maximum Gasteiger partial charge on any atom is 0.154 e. The summed E-state index contributed by atoms with van der Waals surface area (Å²) < 4.78 is 0. The SMILES string of the molecule is CBc1cc(C)cc(C)c1. The molecule has 0 amide bonds. The van der Waals surface area contributed by atoms with Crippen molar-refractivity contribution in [2.75, 3.05) is 0 Å². The zero-order valence-electron chi connectivity index (χ0n) is 6.94. The summed E-state index contributed by atoms with van der Waals surface area (Å²) in [5.74, 6) is 0. The van der Waals surface area contributed by atoms with Crippen LogP contribution in [-0.2, 0) is 0 Å². The van der Waals surface area contributed by atoms with Crippen molar-refractivity contribution in [1.82, 2.24) is 0 Å². The molecule has 0 heterocycles. The molecular formula is C9H13B. The molecule has 10 heavy (non-hydrogen) atoms. The van der Waals surface area contributed by atoms with E-state index in [1.54, 1.807) is 0 Å². The fourth-order valence-corrected chi connectivity index (χ4v) is 1.27. The van der Waals surface area contributed by atoms with Crippen molar-refractivity contribution in [1.29, 1.82) is 0 Å². The normalized spacial score (nSPS) is 9.50. The van der Waals surface area contributed by atoms with Gasteiger partial charge in [0, 0.05) is 0 Å². The van der Waals surface area contributed by atoms with Crippen molar-refractivity contribution in [2.24, 2.45) is 0 Å². The minimum atomic E-state index is 1.14. The first-order valence-corrected chi connectivity index (χ1v) is 3.79. The Kier molecular flexibility index (Phi) is 2.15. The van der Waals surface area contributed by atoms with Crippen molar-refractivity contribution in [3.63, 3.8) is 0 Å². The topological polar surface area (TPSA) is 0 Å². The lowest BCUT2D eigenvalue weighted by Crippen LogP contribution is -2.10. The first-order valence-electron chi connectivity index (χ1n) is 3.79. The Bertz CT molecular complexity index is 208. The molecule has 0 aliphatic rings. The van der Waals surface area contributed by atoms with Gasteiger partial charge in [-0.15, -0.1) is 0 Å². The summed E-state index contributed by atoms with van der Waals surface area (Å²) in [6.45, 7) is 6.48. The minimum Gasteiger partial charge on any atom is -0.0849 e. The summed E-state index contributed by atoms with van der Waals surface area (Å²) in [6, 6.07) is 6.69. The molecule has 1 heteroatoms. The maximum absolute atomic E-state index is 2.24. The lowest BCUT2D eigenvalue weighted by atomic mass is 9.72. The molecule has 0 fully saturated rings. The lowest BCUT2D eigenvalue weighted by Gasteiger charge is -1.99. The second kappa shape index (κ2) is 2.91. The second-order valence-electron chi connectivity index (χ2n) is 2.85. The number of hydrogen-bond acceptors (Lipinski definition) is 0. The van der Waals surface area contributed by atoms with Crippen LogP contribution in [0.2, 0.25) is 6.82 Å². The molecule has 0 saturated carbocycles. The molecule has 52 valence electrons. The molecule has 1 aromatic rings. The lowest BCUT2D eigenvalue weighted by molar-refractivity contribution is 1.40. The highest BCUT2D eigenvalue weighted by atomic mass is 13.9. The standard InChI is InChI=1S/C9H13B/c1-7-4-8(2)6-9(5-7)10-3/h4-6,10H,1-3H3. The van der Waals surface area contributed by atoms with E-state index < -0.39 is 0 Å². The monoisotopic (exact) mass is 132 g/mol. The van der Waals surface area contributed by atoms with E-state index in [0.29, 0.717) is 0 Å². The molecule has 0 radical (unpaired) electrons. The zero-order valence-corrected chi connectivity index (χ0v) is 6.94. The van der Waals surface area contributed by atoms with Gasteiger partial charge in [0.05, 0.1) is 0 Å². The first kappa shape index (κ1) is 7.39. The Labute approximate surface area is 63.5 Å². The van der Waals surface area contributed by atoms with Gasteiger partial charge in [0.15, 0.2) is 7.28 Å². The van der Waals surface area contributed by atoms with Crippen LogP contribution in [0.1, 0.15) is 11.1 Å². The smallest absolute Gasteiger partial charge is 0.0849 e. The third-order valence-electron chi connectivity index (χ3n) is 1.69. The van der Waals surface area contributed by atoms with Crippen LogP contribution in [0.4, 0.5) is 0 Å². The summed E-state index contributed by atoms with van der Waals surface area (Å²) in [4.78, 5) is 0. The highest BCUT2D eigenvalue weighted by molar-refractivity contribution is 6.51. The molecular weight excluding hydrogens is 119 g/mol. The molecule has 0 nitrogen and oxygen atoms in total. The Hall–Kier alpha value is -0.715. The van der Waals surface area contributed by atoms with Crippen LogP contribution in [-0.4, -0.2) is 7.28 Å². The van der Waals surface area contributed by atoms with Crippen molar-refractivity contribution < 1.29 is 0 Å². The van der Waals surface area contributed by atoms with Crippen molar-refractivity contribution in [2.45, 2.75) is 20.7 Å². The molecule has 0 saturated heterocycles. The van der Waals surface area contributed by atoms with Crippen LogP contribution >= 0.6 is 0 Å². The van der Waals surface area contributed by atoms with Gasteiger partial charge in [-0.2, -0.15) is 0 Å². The fraction of sp³-hybridized carbons (Fsp3) is 0.333. The van der Waals surface area contributed by atoms with E-state index in [2.05, 4.69) is 38.9 Å². The zero-order chi connectivity index (χ0) is 7.56. The van der Waals surface area contributed by atoms with Gasteiger partial charge in [-0.05, 0) is 13.8 Å². The molecule has 1 aromatic carbocycles. The number of aryl methyl sites for hydroxylation is 2. The second-order valence-corrected chi connectivity index (χ2v) is 2.85. The highest BCUT2D eigenvalue weighted by Crippen LogP contribution is 1.98. The quantitative estimate of drug-likeness (QED) is 0.507. The van der Waals surface area contributed by atoms with E-state index in [1.165, 1.54) is 16.6 Å². The predicted molar refractivity (Wildman–Crippen MR) is 48.6 cm³/mol. The largest absolute Gasteiger partial charge is 0.154 e. The summed E-state index contributed by atoms with van der Waals surface area (Å²) >= 11 is 0.